The number of aliphatic hydroxyl groups excluding tert-OH is 1. The first kappa shape index (κ1) is 18.4. The number of carbonyl (C=O) groups is 1. The molecule has 1 aromatic carbocycles. The van der Waals surface area contributed by atoms with E-state index >= 15 is 0 Å². The summed E-state index contributed by atoms with van der Waals surface area (Å²) in [7, 11) is 0. The Balaban J connectivity index is 1.58. The van der Waals surface area contributed by atoms with Crippen molar-refractivity contribution in [2.75, 3.05) is 13.1 Å². The molecule has 2 heterocycles. The van der Waals surface area contributed by atoms with Crippen LogP contribution in [0.4, 0.5) is 13.2 Å². The molecule has 1 saturated heterocycles. The molecule has 0 unspecified atom stereocenters. The molecule has 5 nitrogen and oxygen atoms in total. The van der Waals surface area contributed by atoms with Gasteiger partial charge in [-0.15, -0.1) is 0 Å². The molecule has 0 radical (unpaired) electrons. The molecule has 2 aromatic rings. The molecule has 0 aliphatic carbocycles. The van der Waals surface area contributed by atoms with E-state index in [0.29, 0.717) is 24.3 Å². The number of likely N-dealkylation sites (tertiary alicyclic amines) is 1. The number of nitrogens with zero attached hydrogens (tertiary/aromatic N) is 2. The lowest BCUT2D eigenvalue weighted by Crippen LogP contribution is -2.31. The topological polar surface area (TPSA) is 66.6 Å². The van der Waals surface area contributed by atoms with Gasteiger partial charge in [-0.3, -0.25) is 4.79 Å². The summed E-state index contributed by atoms with van der Waals surface area (Å²) in [6, 6.07) is 6.34. The van der Waals surface area contributed by atoms with Gasteiger partial charge in [0.15, 0.2) is 0 Å². The van der Waals surface area contributed by atoms with Gasteiger partial charge in [-0.1, -0.05) is 17.3 Å². The van der Waals surface area contributed by atoms with Crippen molar-refractivity contribution in [1.82, 2.24) is 10.1 Å². The summed E-state index contributed by atoms with van der Waals surface area (Å²) in [5.41, 5.74) is 0.516. The highest BCUT2D eigenvalue weighted by molar-refractivity contribution is 5.79. The summed E-state index contributed by atoms with van der Waals surface area (Å²) in [6.45, 7) is 2.38. The van der Waals surface area contributed by atoms with Crippen LogP contribution in [0.2, 0.25) is 0 Å². The fourth-order valence-corrected chi connectivity index (χ4v) is 3.13. The Kier molecular flexibility index (Phi) is 5.04. The van der Waals surface area contributed by atoms with E-state index in [1.54, 1.807) is 13.0 Å². The van der Waals surface area contributed by atoms with Crippen LogP contribution in [-0.4, -0.2) is 40.3 Å². The summed E-state index contributed by atoms with van der Waals surface area (Å²) in [4.78, 5) is 13.9. The first-order chi connectivity index (χ1) is 12.2. The first-order valence-electron chi connectivity index (χ1n) is 8.26. The second-order valence-corrected chi connectivity index (χ2v) is 6.64. The minimum absolute atomic E-state index is 0.000999. The van der Waals surface area contributed by atoms with E-state index in [9.17, 15) is 23.1 Å². The van der Waals surface area contributed by atoms with Gasteiger partial charge in [0.25, 0.3) is 0 Å². The summed E-state index contributed by atoms with van der Waals surface area (Å²) in [6.07, 6.45) is -4.59. The monoisotopic (exact) mass is 368 g/mol. The van der Waals surface area contributed by atoms with Crippen LogP contribution in [0.5, 0.6) is 0 Å². The number of benzene rings is 1. The number of amides is 1. The molecule has 8 heteroatoms. The number of hydrogen-bond acceptors (Lipinski definition) is 4. The Morgan fingerprint density at radius 2 is 2.00 bits per heavy atom. The number of carbonyl (C=O) groups excluding carboxylic acids is 1. The van der Waals surface area contributed by atoms with E-state index in [2.05, 4.69) is 5.16 Å². The molecule has 1 fully saturated rings. The van der Waals surface area contributed by atoms with E-state index < -0.39 is 17.8 Å². The van der Waals surface area contributed by atoms with E-state index in [1.807, 2.05) is 0 Å². The van der Waals surface area contributed by atoms with Crippen molar-refractivity contribution in [3.63, 3.8) is 0 Å². The summed E-state index contributed by atoms with van der Waals surface area (Å²) >= 11 is 0. The van der Waals surface area contributed by atoms with Crippen LogP contribution in [0.25, 0.3) is 0 Å². The molecule has 1 amide bonds. The Hall–Kier alpha value is -2.35. The SMILES string of the molecule is Cc1cc(C[C@@H]2CN(C(=O)Cc3ccc(C(F)(F)F)cc3)C[C@H]2O)on1. The van der Waals surface area contributed by atoms with Crippen molar-refractivity contribution in [3.05, 3.63) is 52.9 Å². The maximum atomic E-state index is 12.6. The lowest BCUT2D eigenvalue weighted by atomic mass is 10.0. The fourth-order valence-electron chi connectivity index (χ4n) is 3.13. The number of rotatable bonds is 4. The van der Waals surface area contributed by atoms with E-state index in [0.717, 1.165) is 17.8 Å². The van der Waals surface area contributed by atoms with Crippen LogP contribution in [-0.2, 0) is 23.8 Å². The molecule has 3 rings (SSSR count). The van der Waals surface area contributed by atoms with Gasteiger partial charge in [-0.05, 0) is 24.6 Å². The molecule has 140 valence electrons. The lowest BCUT2D eigenvalue weighted by molar-refractivity contribution is -0.137. The lowest BCUT2D eigenvalue weighted by Gasteiger charge is -2.16. The number of alkyl halides is 3. The number of halogens is 3. The van der Waals surface area contributed by atoms with Gasteiger partial charge in [-0.25, -0.2) is 0 Å². The van der Waals surface area contributed by atoms with Crippen molar-refractivity contribution < 1.29 is 27.6 Å². The van der Waals surface area contributed by atoms with E-state index in [4.69, 9.17) is 4.52 Å². The minimum Gasteiger partial charge on any atom is -0.391 e. The van der Waals surface area contributed by atoms with E-state index in [1.165, 1.54) is 17.0 Å². The average molecular weight is 368 g/mol. The van der Waals surface area contributed by atoms with Gasteiger partial charge in [0.2, 0.25) is 5.91 Å². The second kappa shape index (κ2) is 7.11. The molecule has 0 spiro atoms. The summed E-state index contributed by atoms with van der Waals surface area (Å²) in [5, 5.41) is 14.0. The van der Waals surface area contributed by atoms with Gasteiger partial charge >= 0.3 is 6.18 Å². The number of aliphatic hydroxyl groups is 1. The van der Waals surface area contributed by atoms with Gasteiger partial charge in [0, 0.05) is 31.5 Å². The molecule has 26 heavy (non-hydrogen) atoms. The van der Waals surface area contributed by atoms with Crippen molar-refractivity contribution >= 4 is 5.91 Å². The van der Waals surface area contributed by atoms with Crippen molar-refractivity contribution in [3.8, 4) is 0 Å². The van der Waals surface area contributed by atoms with Crippen LogP contribution >= 0.6 is 0 Å². The normalized spacial score (nSPS) is 20.6. The number of aryl methyl sites for hydroxylation is 1. The molecule has 1 aliphatic rings. The maximum Gasteiger partial charge on any atom is 0.416 e. The third-order valence-corrected chi connectivity index (χ3v) is 4.54. The standard InChI is InChI=1S/C18H19F3N2O3/c1-11-6-15(26-22-11)8-13-9-23(10-16(13)24)17(25)7-12-2-4-14(5-3-12)18(19,20)21/h2-6,13,16,24H,7-10H2,1H3/t13-,16-/m1/s1. The molecule has 1 N–H and O–H groups in total. The minimum atomic E-state index is -4.39. The average Bonchev–Trinajstić information content (AvgIpc) is 3.14. The van der Waals surface area contributed by atoms with E-state index in [-0.39, 0.29) is 24.8 Å². The number of hydrogen-bond donors (Lipinski definition) is 1. The third-order valence-electron chi connectivity index (χ3n) is 4.54. The summed E-state index contributed by atoms with van der Waals surface area (Å²) < 4.78 is 42.9. The Bertz CT molecular complexity index is 771. The predicted octanol–water partition coefficient (Wildman–Crippen LogP) is 2.61. The fraction of sp³-hybridized carbons (Fsp3) is 0.444. The van der Waals surface area contributed by atoms with Gasteiger partial charge < -0.3 is 14.5 Å². The predicted molar refractivity (Wildman–Crippen MR) is 86.2 cm³/mol. The van der Waals surface area contributed by atoms with Crippen molar-refractivity contribution in [1.29, 1.82) is 0 Å². The van der Waals surface area contributed by atoms with Crippen LogP contribution < -0.4 is 0 Å². The molecule has 0 bridgehead atoms. The first-order valence-corrected chi connectivity index (χ1v) is 8.26. The molecule has 0 saturated carbocycles. The molecular weight excluding hydrogens is 349 g/mol. The largest absolute Gasteiger partial charge is 0.416 e. The zero-order chi connectivity index (χ0) is 18.9. The highest BCUT2D eigenvalue weighted by Gasteiger charge is 2.35. The Morgan fingerprint density at radius 3 is 2.58 bits per heavy atom. The van der Waals surface area contributed by atoms with Crippen molar-refractivity contribution in [2.24, 2.45) is 5.92 Å². The molecule has 2 atom stereocenters. The molecular formula is C18H19F3N2O3. The summed E-state index contributed by atoms with van der Waals surface area (Å²) in [5.74, 6) is 0.280. The smallest absolute Gasteiger partial charge is 0.391 e. The maximum absolute atomic E-state index is 12.6. The third kappa shape index (κ3) is 4.24. The highest BCUT2D eigenvalue weighted by atomic mass is 19.4. The Labute approximate surface area is 148 Å². The zero-order valence-corrected chi connectivity index (χ0v) is 14.2. The highest BCUT2D eigenvalue weighted by Crippen LogP contribution is 2.29. The van der Waals surface area contributed by atoms with Crippen molar-refractivity contribution in [2.45, 2.75) is 32.0 Å². The molecule has 1 aliphatic heterocycles. The molecule has 1 aromatic heterocycles. The van der Waals surface area contributed by atoms with Gasteiger partial charge in [0.05, 0.1) is 23.8 Å². The Morgan fingerprint density at radius 1 is 1.31 bits per heavy atom. The van der Waals surface area contributed by atoms with Gasteiger partial charge in [-0.2, -0.15) is 13.2 Å². The van der Waals surface area contributed by atoms with Crippen LogP contribution in [0.1, 0.15) is 22.6 Å². The zero-order valence-electron chi connectivity index (χ0n) is 14.2. The van der Waals surface area contributed by atoms with Crippen LogP contribution in [0.15, 0.2) is 34.9 Å². The second-order valence-electron chi connectivity index (χ2n) is 6.64. The van der Waals surface area contributed by atoms with Gasteiger partial charge in [0.1, 0.15) is 5.76 Å². The van der Waals surface area contributed by atoms with Crippen LogP contribution in [0, 0.1) is 12.8 Å². The number of β-amino-alcohol motifs (C(OH)–C–C–N with tert-alkyl or cyclic N) is 1. The number of aromatic nitrogens is 1. The van der Waals surface area contributed by atoms with Crippen LogP contribution in [0.3, 0.4) is 0 Å². The quantitative estimate of drug-likeness (QED) is 0.901.